The van der Waals surface area contributed by atoms with Gasteiger partial charge < -0.3 is 9.64 Å². The number of methoxy groups -OCH3 is 1. The Kier molecular flexibility index (Phi) is 3.65. The number of rotatable bonds is 3. The van der Waals surface area contributed by atoms with E-state index < -0.39 is 5.97 Å². The van der Waals surface area contributed by atoms with Gasteiger partial charge in [-0.15, -0.1) is 0 Å². The number of likely N-dealkylation sites (N-methyl/N-ethyl adjacent to an activating group) is 1. The summed E-state index contributed by atoms with van der Waals surface area (Å²) in [6, 6.07) is -0.348. The second-order valence-electron chi connectivity index (χ2n) is 3.52. The van der Waals surface area contributed by atoms with Gasteiger partial charge >= 0.3 is 12.0 Å². The quantitative estimate of drug-likeness (QED) is 0.386. The van der Waals surface area contributed by atoms with Crippen LogP contribution < -0.4 is 0 Å². The molecule has 0 radical (unpaired) electrons. The molecule has 3 amide bonds. The SMILES string of the molecule is COC(=O)C(C)=CCN1C(=O)CN(C)C1=O. The number of esters is 1. The maximum Gasteiger partial charge on any atom is 0.333 e. The molecule has 0 unspecified atom stereocenters. The summed E-state index contributed by atoms with van der Waals surface area (Å²) in [5.41, 5.74) is 0.373. The second-order valence-corrected chi connectivity index (χ2v) is 3.52. The largest absolute Gasteiger partial charge is 0.466 e. The van der Waals surface area contributed by atoms with Gasteiger partial charge in [0, 0.05) is 19.2 Å². The number of ether oxygens (including phenoxy) is 1. The highest BCUT2D eigenvalue weighted by Gasteiger charge is 2.32. The summed E-state index contributed by atoms with van der Waals surface area (Å²) >= 11 is 0. The van der Waals surface area contributed by atoms with Gasteiger partial charge in [-0.05, 0) is 6.92 Å². The number of imide groups is 1. The summed E-state index contributed by atoms with van der Waals surface area (Å²) in [5.74, 6) is -0.728. The maximum absolute atomic E-state index is 11.5. The van der Waals surface area contributed by atoms with Gasteiger partial charge in [0.15, 0.2) is 0 Å². The van der Waals surface area contributed by atoms with Crippen molar-refractivity contribution in [1.29, 1.82) is 0 Å². The monoisotopic (exact) mass is 226 g/mol. The molecule has 88 valence electrons. The van der Waals surface area contributed by atoms with Gasteiger partial charge in [-0.1, -0.05) is 6.08 Å². The third kappa shape index (κ3) is 2.39. The lowest BCUT2D eigenvalue weighted by molar-refractivity contribution is -0.136. The normalized spacial score (nSPS) is 17.1. The van der Waals surface area contributed by atoms with Crippen LogP contribution in [0.4, 0.5) is 4.79 Å². The fraction of sp³-hybridized carbons (Fsp3) is 0.500. The van der Waals surface area contributed by atoms with E-state index in [-0.39, 0.29) is 25.0 Å². The van der Waals surface area contributed by atoms with Crippen LogP contribution in [0.1, 0.15) is 6.92 Å². The summed E-state index contributed by atoms with van der Waals surface area (Å²) < 4.78 is 4.50. The number of amides is 3. The number of hydrogen-bond acceptors (Lipinski definition) is 4. The summed E-state index contributed by atoms with van der Waals surface area (Å²) in [5, 5.41) is 0. The molecular formula is C10H14N2O4. The molecule has 1 fully saturated rings. The zero-order chi connectivity index (χ0) is 12.3. The minimum Gasteiger partial charge on any atom is -0.466 e. The molecule has 1 heterocycles. The topological polar surface area (TPSA) is 66.9 Å². The number of nitrogens with zero attached hydrogens (tertiary/aromatic N) is 2. The number of urea groups is 1. The van der Waals surface area contributed by atoms with Gasteiger partial charge in [0.2, 0.25) is 0 Å². The van der Waals surface area contributed by atoms with Gasteiger partial charge in [-0.25, -0.2) is 9.59 Å². The highest BCUT2D eigenvalue weighted by atomic mass is 16.5. The fourth-order valence-electron chi connectivity index (χ4n) is 1.32. The molecule has 0 aromatic carbocycles. The zero-order valence-electron chi connectivity index (χ0n) is 9.52. The van der Waals surface area contributed by atoms with Crippen molar-refractivity contribution in [2.24, 2.45) is 0 Å². The standard InChI is InChI=1S/C10H14N2O4/c1-7(9(14)16-3)4-5-12-8(13)6-11(2)10(12)15/h4H,5-6H2,1-3H3. The molecule has 1 saturated heterocycles. The van der Waals surface area contributed by atoms with Crippen LogP contribution >= 0.6 is 0 Å². The lowest BCUT2D eigenvalue weighted by atomic mass is 10.3. The molecule has 0 spiro atoms. The summed E-state index contributed by atoms with van der Waals surface area (Å²) in [6.45, 7) is 1.76. The van der Waals surface area contributed by atoms with E-state index in [1.165, 1.54) is 18.1 Å². The first-order valence-electron chi connectivity index (χ1n) is 4.78. The number of carbonyl (C=O) groups excluding carboxylic acids is 3. The molecular weight excluding hydrogens is 212 g/mol. The van der Waals surface area contributed by atoms with Gasteiger partial charge in [-0.2, -0.15) is 0 Å². The molecule has 0 bridgehead atoms. The first-order valence-corrected chi connectivity index (χ1v) is 4.78. The van der Waals surface area contributed by atoms with E-state index in [4.69, 9.17) is 0 Å². The Balaban J connectivity index is 2.65. The second kappa shape index (κ2) is 4.78. The van der Waals surface area contributed by atoms with Crippen molar-refractivity contribution in [3.63, 3.8) is 0 Å². The van der Waals surface area contributed by atoms with Crippen LogP contribution in [0.5, 0.6) is 0 Å². The van der Waals surface area contributed by atoms with Gasteiger partial charge in [0.25, 0.3) is 5.91 Å². The predicted octanol–water partition coefficient (Wildman–Crippen LogP) is -0.000300. The minimum atomic E-state index is -0.465. The van der Waals surface area contributed by atoms with E-state index >= 15 is 0 Å². The van der Waals surface area contributed by atoms with Crippen molar-refractivity contribution in [3.05, 3.63) is 11.6 Å². The number of hydrogen-bond donors (Lipinski definition) is 0. The minimum absolute atomic E-state index is 0.0872. The molecule has 1 aliphatic rings. The Labute approximate surface area is 93.4 Å². The molecule has 0 saturated carbocycles. The van der Waals surface area contributed by atoms with Crippen LogP contribution in [0, 0.1) is 0 Å². The number of carbonyl (C=O) groups is 3. The molecule has 0 aliphatic carbocycles. The highest BCUT2D eigenvalue weighted by molar-refractivity contribution is 6.02. The molecule has 16 heavy (non-hydrogen) atoms. The predicted molar refractivity (Wildman–Crippen MR) is 55.5 cm³/mol. The van der Waals surface area contributed by atoms with Crippen LogP contribution in [-0.2, 0) is 14.3 Å². The van der Waals surface area contributed by atoms with E-state index in [1.807, 2.05) is 0 Å². The lowest BCUT2D eigenvalue weighted by Gasteiger charge is -2.11. The van der Waals surface area contributed by atoms with Crippen molar-refractivity contribution in [1.82, 2.24) is 9.80 Å². The molecule has 0 atom stereocenters. The molecule has 0 N–H and O–H groups in total. The Morgan fingerprint density at radius 2 is 2.12 bits per heavy atom. The molecule has 1 rings (SSSR count). The van der Waals surface area contributed by atoms with Crippen LogP contribution in [0.15, 0.2) is 11.6 Å². The van der Waals surface area contributed by atoms with Crippen LogP contribution in [0.25, 0.3) is 0 Å². The van der Waals surface area contributed by atoms with Crippen LogP contribution in [-0.4, -0.2) is 55.0 Å². The third-order valence-electron chi connectivity index (χ3n) is 2.32. The smallest absolute Gasteiger partial charge is 0.333 e. The summed E-state index contributed by atoms with van der Waals surface area (Å²) in [4.78, 5) is 36.3. The Bertz CT molecular complexity index is 362. The van der Waals surface area contributed by atoms with E-state index in [0.717, 1.165) is 4.90 Å². The molecule has 1 aliphatic heterocycles. The first kappa shape index (κ1) is 12.2. The van der Waals surface area contributed by atoms with Crippen molar-refractivity contribution >= 4 is 17.9 Å². The van der Waals surface area contributed by atoms with Crippen molar-refractivity contribution in [2.45, 2.75) is 6.92 Å². The fourth-order valence-corrected chi connectivity index (χ4v) is 1.32. The Morgan fingerprint density at radius 1 is 1.50 bits per heavy atom. The van der Waals surface area contributed by atoms with Crippen LogP contribution in [0.3, 0.4) is 0 Å². The van der Waals surface area contributed by atoms with Gasteiger partial charge in [-0.3, -0.25) is 9.69 Å². The van der Waals surface area contributed by atoms with E-state index in [1.54, 1.807) is 14.0 Å². The van der Waals surface area contributed by atoms with E-state index in [9.17, 15) is 14.4 Å². The molecule has 6 nitrogen and oxygen atoms in total. The maximum atomic E-state index is 11.5. The Morgan fingerprint density at radius 3 is 2.56 bits per heavy atom. The highest BCUT2D eigenvalue weighted by Crippen LogP contribution is 2.08. The van der Waals surface area contributed by atoms with Crippen molar-refractivity contribution in [3.8, 4) is 0 Å². The molecule has 0 aromatic heterocycles. The summed E-state index contributed by atoms with van der Waals surface area (Å²) in [7, 11) is 2.83. The van der Waals surface area contributed by atoms with Crippen LogP contribution in [0.2, 0.25) is 0 Å². The first-order chi connectivity index (χ1) is 7.47. The molecule has 6 heteroatoms. The van der Waals surface area contributed by atoms with Gasteiger partial charge in [0.1, 0.15) is 6.54 Å². The zero-order valence-corrected chi connectivity index (χ0v) is 9.52. The van der Waals surface area contributed by atoms with E-state index in [0.29, 0.717) is 5.57 Å². The summed E-state index contributed by atoms with van der Waals surface area (Å²) in [6.07, 6.45) is 1.50. The molecule has 0 aromatic rings. The van der Waals surface area contributed by atoms with Crippen molar-refractivity contribution in [2.75, 3.05) is 27.2 Å². The average Bonchev–Trinajstić information content (AvgIpc) is 2.49. The average molecular weight is 226 g/mol. The van der Waals surface area contributed by atoms with Crippen molar-refractivity contribution < 1.29 is 19.1 Å². The Hall–Kier alpha value is -1.85. The van der Waals surface area contributed by atoms with Gasteiger partial charge in [0.05, 0.1) is 7.11 Å². The lowest BCUT2D eigenvalue weighted by Crippen LogP contribution is -2.32. The third-order valence-corrected chi connectivity index (χ3v) is 2.32. The van der Waals surface area contributed by atoms with E-state index in [2.05, 4.69) is 4.74 Å².